The van der Waals surface area contributed by atoms with Gasteiger partial charge in [0, 0.05) is 12.1 Å². The second-order valence-electron chi connectivity index (χ2n) is 4.97. The summed E-state index contributed by atoms with van der Waals surface area (Å²) in [5, 5.41) is 0. The highest BCUT2D eigenvalue weighted by Crippen LogP contribution is 2.24. The summed E-state index contributed by atoms with van der Waals surface area (Å²) < 4.78 is 0. The Hall–Kier alpha value is -0.0800. The van der Waals surface area contributed by atoms with Gasteiger partial charge in [0.05, 0.1) is 0 Å². The fourth-order valence-electron chi connectivity index (χ4n) is 3.02. The molecule has 2 fully saturated rings. The SMILES string of the molecule is NC1CCCCC1N1CCCCCC1. The van der Waals surface area contributed by atoms with Crippen molar-refractivity contribution >= 4 is 0 Å². The molecule has 14 heavy (non-hydrogen) atoms. The molecule has 0 amide bonds. The normalized spacial score (nSPS) is 36.6. The van der Waals surface area contributed by atoms with Crippen LogP contribution in [0.1, 0.15) is 51.4 Å². The lowest BCUT2D eigenvalue weighted by atomic mass is 9.89. The maximum absolute atomic E-state index is 6.22. The molecule has 2 aliphatic rings. The monoisotopic (exact) mass is 196 g/mol. The Morgan fingerprint density at radius 1 is 0.786 bits per heavy atom. The third-order valence-corrected chi connectivity index (χ3v) is 3.89. The van der Waals surface area contributed by atoms with Crippen LogP contribution in [0.4, 0.5) is 0 Å². The largest absolute Gasteiger partial charge is 0.326 e. The van der Waals surface area contributed by atoms with Crippen molar-refractivity contribution in [3.05, 3.63) is 0 Å². The molecular weight excluding hydrogens is 172 g/mol. The predicted molar refractivity (Wildman–Crippen MR) is 60.3 cm³/mol. The molecule has 2 heteroatoms. The molecule has 2 N–H and O–H groups in total. The fraction of sp³-hybridized carbons (Fsp3) is 1.00. The van der Waals surface area contributed by atoms with Gasteiger partial charge in [0.1, 0.15) is 0 Å². The van der Waals surface area contributed by atoms with E-state index in [1.165, 1.54) is 64.5 Å². The van der Waals surface area contributed by atoms with E-state index in [0.29, 0.717) is 12.1 Å². The van der Waals surface area contributed by atoms with Crippen molar-refractivity contribution in [1.82, 2.24) is 4.90 Å². The first kappa shape index (κ1) is 10.4. The number of nitrogens with two attached hydrogens (primary N) is 1. The molecule has 82 valence electrons. The molecule has 0 spiro atoms. The zero-order valence-electron chi connectivity index (χ0n) is 9.25. The molecule has 1 saturated carbocycles. The first-order valence-electron chi connectivity index (χ1n) is 6.37. The van der Waals surface area contributed by atoms with Crippen molar-refractivity contribution in [2.75, 3.05) is 13.1 Å². The van der Waals surface area contributed by atoms with Gasteiger partial charge < -0.3 is 5.73 Å². The summed E-state index contributed by atoms with van der Waals surface area (Å²) in [6.45, 7) is 2.61. The van der Waals surface area contributed by atoms with Gasteiger partial charge in [0.2, 0.25) is 0 Å². The van der Waals surface area contributed by atoms with Crippen LogP contribution < -0.4 is 5.73 Å². The number of hydrogen-bond acceptors (Lipinski definition) is 2. The smallest absolute Gasteiger partial charge is 0.0247 e. The predicted octanol–water partition coefficient (Wildman–Crippen LogP) is 2.13. The Bertz CT molecular complexity index is 162. The van der Waals surface area contributed by atoms with Crippen molar-refractivity contribution < 1.29 is 0 Å². The Labute approximate surface area is 87.8 Å². The van der Waals surface area contributed by atoms with Gasteiger partial charge in [-0.15, -0.1) is 0 Å². The Morgan fingerprint density at radius 2 is 1.43 bits per heavy atom. The molecule has 0 aromatic rings. The van der Waals surface area contributed by atoms with Crippen LogP contribution in [-0.4, -0.2) is 30.1 Å². The van der Waals surface area contributed by atoms with Crippen molar-refractivity contribution in [3.63, 3.8) is 0 Å². The second kappa shape index (κ2) is 5.13. The average Bonchev–Trinajstić information content (AvgIpc) is 2.47. The molecule has 0 radical (unpaired) electrons. The lowest BCUT2D eigenvalue weighted by molar-refractivity contribution is 0.142. The van der Waals surface area contributed by atoms with Gasteiger partial charge in [0.25, 0.3) is 0 Å². The molecule has 2 atom stereocenters. The minimum atomic E-state index is 0.460. The summed E-state index contributed by atoms with van der Waals surface area (Å²) in [5.74, 6) is 0. The van der Waals surface area contributed by atoms with E-state index in [2.05, 4.69) is 4.90 Å². The van der Waals surface area contributed by atoms with E-state index in [9.17, 15) is 0 Å². The highest BCUT2D eigenvalue weighted by Gasteiger charge is 2.27. The lowest BCUT2D eigenvalue weighted by Gasteiger charge is -2.37. The third-order valence-electron chi connectivity index (χ3n) is 3.89. The number of nitrogens with zero attached hydrogens (tertiary/aromatic N) is 1. The molecule has 1 heterocycles. The highest BCUT2D eigenvalue weighted by molar-refractivity contribution is 4.86. The maximum atomic E-state index is 6.22. The minimum Gasteiger partial charge on any atom is -0.326 e. The lowest BCUT2D eigenvalue weighted by Crippen LogP contribution is -2.49. The van der Waals surface area contributed by atoms with E-state index in [1.54, 1.807) is 0 Å². The summed E-state index contributed by atoms with van der Waals surface area (Å²) >= 11 is 0. The Morgan fingerprint density at radius 3 is 2.07 bits per heavy atom. The molecular formula is C12H24N2. The van der Waals surface area contributed by atoms with Crippen LogP contribution in [0, 0.1) is 0 Å². The number of rotatable bonds is 1. The first-order valence-corrected chi connectivity index (χ1v) is 6.37. The summed E-state index contributed by atoms with van der Waals surface area (Å²) in [4.78, 5) is 2.68. The van der Waals surface area contributed by atoms with Gasteiger partial charge in [-0.25, -0.2) is 0 Å². The third kappa shape index (κ3) is 2.48. The zero-order chi connectivity index (χ0) is 9.80. The van der Waals surface area contributed by atoms with E-state index in [-0.39, 0.29) is 0 Å². The van der Waals surface area contributed by atoms with Crippen LogP contribution in [0.25, 0.3) is 0 Å². The minimum absolute atomic E-state index is 0.460. The fourth-order valence-corrected chi connectivity index (χ4v) is 3.02. The molecule has 2 nitrogen and oxygen atoms in total. The van der Waals surface area contributed by atoms with E-state index in [1.807, 2.05) is 0 Å². The van der Waals surface area contributed by atoms with E-state index < -0.39 is 0 Å². The molecule has 2 unspecified atom stereocenters. The van der Waals surface area contributed by atoms with E-state index in [0.717, 1.165) is 0 Å². The van der Waals surface area contributed by atoms with Gasteiger partial charge in [-0.2, -0.15) is 0 Å². The van der Waals surface area contributed by atoms with Crippen LogP contribution in [0.5, 0.6) is 0 Å². The molecule has 0 aromatic heterocycles. The van der Waals surface area contributed by atoms with E-state index >= 15 is 0 Å². The topological polar surface area (TPSA) is 29.3 Å². The van der Waals surface area contributed by atoms with E-state index in [4.69, 9.17) is 5.73 Å². The number of hydrogen-bond donors (Lipinski definition) is 1. The van der Waals surface area contributed by atoms with Gasteiger partial charge in [-0.05, 0) is 38.8 Å². The maximum Gasteiger partial charge on any atom is 0.0247 e. The van der Waals surface area contributed by atoms with Crippen molar-refractivity contribution in [1.29, 1.82) is 0 Å². The quantitative estimate of drug-likeness (QED) is 0.696. The van der Waals surface area contributed by atoms with Crippen LogP contribution in [0.3, 0.4) is 0 Å². The second-order valence-corrected chi connectivity index (χ2v) is 4.97. The number of likely N-dealkylation sites (tertiary alicyclic amines) is 1. The van der Waals surface area contributed by atoms with Crippen LogP contribution in [0.15, 0.2) is 0 Å². The van der Waals surface area contributed by atoms with Crippen LogP contribution in [-0.2, 0) is 0 Å². The highest BCUT2D eigenvalue weighted by atomic mass is 15.2. The summed E-state index contributed by atoms with van der Waals surface area (Å²) in [7, 11) is 0. The van der Waals surface area contributed by atoms with Crippen molar-refractivity contribution in [2.24, 2.45) is 5.73 Å². The van der Waals surface area contributed by atoms with Crippen molar-refractivity contribution in [2.45, 2.75) is 63.5 Å². The Balaban J connectivity index is 1.90. The van der Waals surface area contributed by atoms with Gasteiger partial charge in [-0.3, -0.25) is 4.90 Å². The summed E-state index contributed by atoms with van der Waals surface area (Å²) in [6.07, 6.45) is 11.0. The van der Waals surface area contributed by atoms with Crippen molar-refractivity contribution in [3.8, 4) is 0 Å². The first-order chi connectivity index (χ1) is 6.88. The van der Waals surface area contributed by atoms with Crippen LogP contribution in [0.2, 0.25) is 0 Å². The molecule has 1 aliphatic carbocycles. The zero-order valence-corrected chi connectivity index (χ0v) is 9.25. The van der Waals surface area contributed by atoms with Gasteiger partial charge >= 0.3 is 0 Å². The summed E-state index contributed by atoms with van der Waals surface area (Å²) in [5.41, 5.74) is 6.22. The summed E-state index contributed by atoms with van der Waals surface area (Å²) in [6, 6.07) is 1.17. The molecule has 2 rings (SSSR count). The molecule has 0 bridgehead atoms. The van der Waals surface area contributed by atoms with Gasteiger partial charge in [0.15, 0.2) is 0 Å². The standard InChI is InChI=1S/C12H24N2/c13-11-7-3-4-8-12(11)14-9-5-1-2-6-10-14/h11-12H,1-10,13H2. The average molecular weight is 196 g/mol. The Kier molecular flexibility index (Phi) is 3.82. The van der Waals surface area contributed by atoms with Crippen LogP contribution >= 0.6 is 0 Å². The molecule has 1 aliphatic heterocycles. The van der Waals surface area contributed by atoms with Gasteiger partial charge in [-0.1, -0.05) is 25.7 Å². The molecule has 1 saturated heterocycles. The molecule has 0 aromatic carbocycles.